The van der Waals surface area contributed by atoms with Crippen LogP contribution in [0.15, 0.2) is 43.0 Å². The standard InChI is InChI=1S/C18H24N4O2/c1-2-24-17-4-3-10-21(13-17)18(23)20-12-15-5-7-16(8-6-15)22-11-9-19-14-22/h5-9,11,14,17H,2-4,10,12-13H2,1H3,(H,20,23). The largest absolute Gasteiger partial charge is 0.377 e. The molecule has 3 rings (SSSR count). The zero-order valence-corrected chi connectivity index (χ0v) is 14.0. The summed E-state index contributed by atoms with van der Waals surface area (Å²) in [5.74, 6) is 0. The number of hydrogen-bond donors (Lipinski definition) is 1. The van der Waals surface area contributed by atoms with Crippen molar-refractivity contribution in [2.24, 2.45) is 0 Å². The lowest BCUT2D eigenvalue weighted by atomic mass is 10.1. The first-order valence-electron chi connectivity index (χ1n) is 8.48. The predicted molar refractivity (Wildman–Crippen MR) is 92.0 cm³/mol. The maximum absolute atomic E-state index is 12.3. The number of rotatable bonds is 5. The maximum Gasteiger partial charge on any atom is 0.317 e. The van der Waals surface area contributed by atoms with Crippen molar-refractivity contribution in [1.82, 2.24) is 19.8 Å². The molecular formula is C18H24N4O2. The van der Waals surface area contributed by atoms with Gasteiger partial charge in [-0.15, -0.1) is 0 Å². The molecule has 1 fully saturated rings. The van der Waals surface area contributed by atoms with Gasteiger partial charge in [0.15, 0.2) is 0 Å². The number of likely N-dealkylation sites (tertiary alicyclic amines) is 1. The van der Waals surface area contributed by atoms with Crippen LogP contribution in [0, 0.1) is 0 Å². The van der Waals surface area contributed by atoms with E-state index in [9.17, 15) is 4.79 Å². The molecule has 6 heteroatoms. The zero-order chi connectivity index (χ0) is 16.8. The number of carbonyl (C=O) groups excluding carboxylic acids is 1. The topological polar surface area (TPSA) is 59.4 Å². The normalized spacial score (nSPS) is 17.7. The summed E-state index contributed by atoms with van der Waals surface area (Å²) in [6.07, 6.45) is 7.63. The summed E-state index contributed by atoms with van der Waals surface area (Å²) in [7, 11) is 0. The molecule has 24 heavy (non-hydrogen) atoms. The second kappa shape index (κ2) is 7.97. The second-order valence-electron chi connectivity index (χ2n) is 5.96. The molecule has 2 aromatic rings. The minimum Gasteiger partial charge on any atom is -0.377 e. The van der Waals surface area contributed by atoms with Crippen LogP contribution in [0.2, 0.25) is 0 Å². The summed E-state index contributed by atoms with van der Waals surface area (Å²) in [6.45, 7) is 4.70. The van der Waals surface area contributed by atoms with Crippen LogP contribution in [0.1, 0.15) is 25.3 Å². The van der Waals surface area contributed by atoms with Gasteiger partial charge in [-0.05, 0) is 37.5 Å². The Kier molecular flexibility index (Phi) is 5.48. The Morgan fingerprint density at radius 1 is 1.38 bits per heavy atom. The number of imidazole rings is 1. The Morgan fingerprint density at radius 3 is 2.92 bits per heavy atom. The van der Waals surface area contributed by atoms with E-state index in [0.29, 0.717) is 19.7 Å². The molecule has 128 valence electrons. The van der Waals surface area contributed by atoms with E-state index in [2.05, 4.69) is 10.3 Å². The number of aromatic nitrogens is 2. The van der Waals surface area contributed by atoms with Crippen molar-refractivity contribution in [2.75, 3.05) is 19.7 Å². The highest BCUT2D eigenvalue weighted by molar-refractivity contribution is 5.74. The minimum absolute atomic E-state index is 0.0157. The number of piperidine rings is 1. The molecular weight excluding hydrogens is 304 g/mol. The molecule has 0 radical (unpaired) electrons. The first-order valence-corrected chi connectivity index (χ1v) is 8.48. The van der Waals surface area contributed by atoms with Crippen LogP contribution in [0.4, 0.5) is 4.79 Å². The molecule has 0 bridgehead atoms. The number of ether oxygens (including phenoxy) is 1. The van der Waals surface area contributed by atoms with Crippen LogP contribution in [0.3, 0.4) is 0 Å². The van der Waals surface area contributed by atoms with Crippen molar-refractivity contribution in [3.63, 3.8) is 0 Å². The van der Waals surface area contributed by atoms with E-state index in [1.54, 1.807) is 12.5 Å². The maximum atomic E-state index is 12.3. The van der Waals surface area contributed by atoms with Crippen LogP contribution >= 0.6 is 0 Å². The fraction of sp³-hybridized carbons (Fsp3) is 0.444. The third-order valence-corrected chi connectivity index (χ3v) is 4.25. The number of hydrogen-bond acceptors (Lipinski definition) is 3. The van der Waals surface area contributed by atoms with Crippen LogP contribution in [-0.4, -0.2) is 46.3 Å². The Labute approximate surface area is 142 Å². The van der Waals surface area contributed by atoms with E-state index in [1.165, 1.54) is 0 Å². The number of nitrogens with zero attached hydrogens (tertiary/aromatic N) is 3. The molecule has 1 aliphatic heterocycles. The van der Waals surface area contributed by atoms with Gasteiger partial charge in [-0.25, -0.2) is 9.78 Å². The van der Waals surface area contributed by atoms with Crippen molar-refractivity contribution >= 4 is 6.03 Å². The average molecular weight is 328 g/mol. The molecule has 1 saturated heterocycles. The van der Waals surface area contributed by atoms with Crippen LogP contribution in [0.5, 0.6) is 0 Å². The van der Waals surface area contributed by atoms with Gasteiger partial charge in [0.25, 0.3) is 0 Å². The number of carbonyl (C=O) groups is 1. The average Bonchev–Trinajstić information content (AvgIpc) is 3.15. The molecule has 1 aliphatic rings. The molecule has 2 heterocycles. The number of urea groups is 1. The van der Waals surface area contributed by atoms with E-state index in [0.717, 1.165) is 30.6 Å². The number of amides is 2. The summed E-state index contributed by atoms with van der Waals surface area (Å²) in [4.78, 5) is 18.2. The summed E-state index contributed by atoms with van der Waals surface area (Å²) in [5.41, 5.74) is 2.13. The van der Waals surface area contributed by atoms with Gasteiger partial charge in [0.2, 0.25) is 0 Å². The third-order valence-electron chi connectivity index (χ3n) is 4.25. The molecule has 1 aromatic carbocycles. The highest BCUT2D eigenvalue weighted by Crippen LogP contribution is 2.14. The lowest BCUT2D eigenvalue weighted by Gasteiger charge is -2.32. The Bertz CT molecular complexity index is 638. The van der Waals surface area contributed by atoms with E-state index in [1.807, 2.05) is 46.9 Å². The number of benzene rings is 1. The van der Waals surface area contributed by atoms with Gasteiger partial charge >= 0.3 is 6.03 Å². The first kappa shape index (κ1) is 16.5. The fourth-order valence-corrected chi connectivity index (χ4v) is 2.98. The Morgan fingerprint density at radius 2 is 2.21 bits per heavy atom. The molecule has 0 saturated carbocycles. The molecule has 1 atom stereocenters. The van der Waals surface area contributed by atoms with Gasteiger partial charge in [0.1, 0.15) is 0 Å². The fourth-order valence-electron chi connectivity index (χ4n) is 2.98. The van der Waals surface area contributed by atoms with Gasteiger partial charge in [-0.1, -0.05) is 12.1 Å². The van der Waals surface area contributed by atoms with Crippen molar-refractivity contribution < 1.29 is 9.53 Å². The SMILES string of the molecule is CCOC1CCCN(C(=O)NCc2ccc(-n3ccnc3)cc2)C1. The van der Waals surface area contributed by atoms with E-state index in [-0.39, 0.29) is 12.1 Å². The number of nitrogens with one attached hydrogen (secondary N) is 1. The van der Waals surface area contributed by atoms with E-state index >= 15 is 0 Å². The predicted octanol–water partition coefficient (Wildman–Crippen LogP) is 2.58. The lowest BCUT2D eigenvalue weighted by molar-refractivity contribution is 0.0164. The summed E-state index contributed by atoms with van der Waals surface area (Å²) in [6, 6.07) is 8.08. The lowest BCUT2D eigenvalue weighted by Crippen LogP contribution is -2.47. The molecule has 6 nitrogen and oxygen atoms in total. The summed E-state index contributed by atoms with van der Waals surface area (Å²) < 4.78 is 7.59. The van der Waals surface area contributed by atoms with Gasteiger partial charge in [-0.3, -0.25) is 0 Å². The molecule has 0 aliphatic carbocycles. The monoisotopic (exact) mass is 328 g/mol. The van der Waals surface area contributed by atoms with Crippen molar-refractivity contribution in [2.45, 2.75) is 32.4 Å². The highest BCUT2D eigenvalue weighted by Gasteiger charge is 2.23. The van der Waals surface area contributed by atoms with Gasteiger partial charge in [0, 0.05) is 44.3 Å². The Hall–Kier alpha value is -2.34. The Balaban J connectivity index is 1.51. The quantitative estimate of drug-likeness (QED) is 0.918. The molecule has 1 aromatic heterocycles. The smallest absolute Gasteiger partial charge is 0.317 e. The third kappa shape index (κ3) is 4.14. The van der Waals surface area contributed by atoms with Crippen molar-refractivity contribution in [3.05, 3.63) is 48.5 Å². The van der Waals surface area contributed by atoms with E-state index < -0.39 is 0 Å². The molecule has 2 amide bonds. The van der Waals surface area contributed by atoms with Crippen LogP contribution in [-0.2, 0) is 11.3 Å². The van der Waals surface area contributed by atoms with Gasteiger partial charge < -0.3 is 19.5 Å². The highest BCUT2D eigenvalue weighted by atomic mass is 16.5. The second-order valence-corrected chi connectivity index (χ2v) is 5.96. The van der Waals surface area contributed by atoms with Gasteiger partial charge in [0.05, 0.1) is 12.4 Å². The van der Waals surface area contributed by atoms with E-state index in [4.69, 9.17) is 4.74 Å². The van der Waals surface area contributed by atoms with Crippen molar-refractivity contribution in [3.8, 4) is 5.69 Å². The molecule has 1 unspecified atom stereocenters. The van der Waals surface area contributed by atoms with Gasteiger partial charge in [-0.2, -0.15) is 0 Å². The van der Waals surface area contributed by atoms with Crippen LogP contribution < -0.4 is 5.32 Å². The molecule has 0 spiro atoms. The zero-order valence-electron chi connectivity index (χ0n) is 14.0. The minimum atomic E-state index is -0.0157. The van der Waals surface area contributed by atoms with Crippen molar-refractivity contribution in [1.29, 1.82) is 0 Å². The summed E-state index contributed by atoms with van der Waals surface area (Å²) in [5, 5.41) is 3.00. The molecule has 1 N–H and O–H groups in total. The summed E-state index contributed by atoms with van der Waals surface area (Å²) >= 11 is 0. The van der Waals surface area contributed by atoms with Crippen LogP contribution in [0.25, 0.3) is 5.69 Å². The first-order chi connectivity index (χ1) is 11.8.